The molecule has 1 unspecified atom stereocenters. The van der Waals surface area contributed by atoms with Gasteiger partial charge in [-0.05, 0) is 19.8 Å². The average molecular weight is 275 g/mol. The van der Waals surface area contributed by atoms with E-state index in [1.54, 1.807) is 4.31 Å². The molecule has 2 rings (SSSR count). The topological polar surface area (TPSA) is 46.4 Å². The van der Waals surface area contributed by atoms with Crippen LogP contribution < -0.4 is 0 Å². The van der Waals surface area contributed by atoms with Crippen molar-refractivity contribution in [3.8, 4) is 0 Å². The monoisotopic (exact) mass is 275 g/mol. The molecule has 0 N–H and O–H groups in total. The molecular weight excluding hydrogens is 250 g/mol. The van der Waals surface area contributed by atoms with Crippen LogP contribution >= 0.6 is 0 Å². The Morgan fingerprint density at radius 3 is 2.56 bits per heavy atom. The highest BCUT2D eigenvalue weighted by Crippen LogP contribution is 2.43. The summed E-state index contributed by atoms with van der Waals surface area (Å²) < 4.78 is 30.0. The summed E-state index contributed by atoms with van der Waals surface area (Å²) in [7, 11) is -3.40. The summed E-state index contributed by atoms with van der Waals surface area (Å²) in [6.45, 7) is 4.06. The number of hydrogen-bond donors (Lipinski definition) is 0. The van der Waals surface area contributed by atoms with E-state index in [0.29, 0.717) is 0 Å². The molecule has 2 saturated heterocycles. The summed E-state index contributed by atoms with van der Waals surface area (Å²) in [5.41, 5.74) is 0. The Morgan fingerprint density at radius 1 is 1.17 bits per heavy atom. The molecule has 106 valence electrons. The quantitative estimate of drug-likeness (QED) is 0.530. The number of rotatable bonds is 7. The Labute approximate surface area is 111 Å². The zero-order valence-corrected chi connectivity index (χ0v) is 12.3. The van der Waals surface area contributed by atoms with Crippen LogP contribution in [-0.2, 0) is 14.5 Å². The van der Waals surface area contributed by atoms with Crippen LogP contribution in [0.15, 0.2) is 0 Å². The molecule has 0 amide bonds. The molecule has 2 aliphatic rings. The molecular formula is C13H25NO3S. The minimum absolute atomic E-state index is 0.147. The zero-order valence-electron chi connectivity index (χ0n) is 11.5. The van der Waals surface area contributed by atoms with Gasteiger partial charge in [-0.25, -0.2) is 0 Å². The van der Waals surface area contributed by atoms with Crippen LogP contribution in [0.25, 0.3) is 0 Å². The highest BCUT2D eigenvalue weighted by Gasteiger charge is 2.58. The second-order valence-corrected chi connectivity index (χ2v) is 7.09. The number of hydrogen-bond acceptors (Lipinski definition) is 3. The Bertz CT molecular complexity index is 368. The van der Waals surface area contributed by atoms with E-state index in [4.69, 9.17) is 4.18 Å². The fraction of sp³-hybridized carbons (Fsp3) is 1.00. The van der Waals surface area contributed by atoms with E-state index >= 15 is 0 Å². The Balaban J connectivity index is 1.67. The lowest BCUT2D eigenvalue weighted by Crippen LogP contribution is -2.29. The molecule has 2 fully saturated rings. The van der Waals surface area contributed by atoms with Gasteiger partial charge in [-0.15, -0.1) is 0 Å². The van der Waals surface area contributed by atoms with E-state index in [-0.39, 0.29) is 18.2 Å². The second kappa shape index (κ2) is 5.88. The maximum absolute atomic E-state index is 11.7. The first-order valence-corrected chi connectivity index (χ1v) is 8.64. The Kier molecular flexibility index (Phi) is 4.67. The second-order valence-electron chi connectivity index (χ2n) is 5.62. The van der Waals surface area contributed by atoms with Crippen molar-refractivity contribution in [2.45, 2.75) is 83.4 Å². The molecule has 0 bridgehead atoms. The van der Waals surface area contributed by atoms with Crippen molar-refractivity contribution in [2.24, 2.45) is 0 Å². The molecule has 5 heteroatoms. The van der Waals surface area contributed by atoms with Gasteiger partial charge in [0.1, 0.15) is 0 Å². The van der Waals surface area contributed by atoms with Crippen LogP contribution in [0.2, 0.25) is 0 Å². The molecule has 18 heavy (non-hydrogen) atoms. The third-order valence-corrected chi connectivity index (χ3v) is 5.61. The Hall–Kier alpha value is -0.130. The fourth-order valence-electron chi connectivity index (χ4n) is 2.99. The van der Waals surface area contributed by atoms with Gasteiger partial charge in [-0.3, -0.25) is 4.18 Å². The minimum Gasteiger partial charge on any atom is -0.255 e. The van der Waals surface area contributed by atoms with Gasteiger partial charge in [-0.2, -0.15) is 12.7 Å². The van der Waals surface area contributed by atoms with Crippen molar-refractivity contribution in [3.05, 3.63) is 0 Å². The molecule has 0 spiro atoms. The van der Waals surface area contributed by atoms with Gasteiger partial charge in [0.05, 0.1) is 6.10 Å². The molecule has 0 radical (unpaired) electrons. The molecule has 4 atom stereocenters. The lowest BCUT2D eigenvalue weighted by Gasteiger charge is -2.17. The van der Waals surface area contributed by atoms with Crippen LogP contribution in [0.3, 0.4) is 0 Å². The molecule has 0 aromatic carbocycles. The van der Waals surface area contributed by atoms with E-state index in [0.717, 1.165) is 19.3 Å². The van der Waals surface area contributed by atoms with Crippen molar-refractivity contribution in [3.63, 3.8) is 0 Å². The van der Waals surface area contributed by atoms with E-state index in [9.17, 15) is 8.42 Å². The van der Waals surface area contributed by atoms with Gasteiger partial charge >= 0.3 is 10.3 Å². The molecule has 2 aliphatic heterocycles. The summed E-state index contributed by atoms with van der Waals surface area (Å²) in [6, 6.07) is 0.459. The third kappa shape index (κ3) is 3.25. The zero-order chi connectivity index (χ0) is 13.2. The maximum Gasteiger partial charge on any atom is 0.339 e. The van der Waals surface area contributed by atoms with Crippen molar-refractivity contribution >= 4 is 10.3 Å². The largest absolute Gasteiger partial charge is 0.339 e. The van der Waals surface area contributed by atoms with Crippen LogP contribution in [-0.4, -0.2) is 30.9 Å². The van der Waals surface area contributed by atoms with Gasteiger partial charge in [0.2, 0.25) is 0 Å². The smallest absolute Gasteiger partial charge is 0.255 e. The third-order valence-electron chi connectivity index (χ3n) is 3.98. The number of nitrogens with zero attached hydrogens (tertiary/aromatic N) is 1. The predicted octanol–water partition coefficient (Wildman–Crippen LogP) is 2.84. The van der Waals surface area contributed by atoms with Gasteiger partial charge < -0.3 is 0 Å². The van der Waals surface area contributed by atoms with Crippen LogP contribution in [0.5, 0.6) is 0 Å². The minimum atomic E-state index is -3.40. The highest BCUT2D eigenvalue weighted by atomic mass is 32.2. The fourth-order valence-corrected chi connectivity index (χ4v) is 4.67. The van der Waals surface area contributed by atoms with Crippen molar-refractivity contribution in [2.75, 3.05) is 0 Å². The molecule has 0 aromatic heterocycles. The number of unbranched alkanes of at least 4 members (excludes halogenated alkanes) is 5. The van der Waals surface area contributed by atoms with Crippen molar-refractivity contribution in [1.29, 1.82) is 0 Å². The molecule has 4 nitrogen and oxygen atoms in total. The average Bonchev–Trinajstić information content (AvgIpc) is 2.96. The van der Waals surface area contributed by atoms with Gasteiger partial charge in [-0.1, -0.05) is 45.4 Å². The van der Waals surface area contributed by atoms with E-state index in [1.165, 1.54) is 32.1 Å². The van der Waals surface area contributed by atoms with Crippen LogP contribution in [0, 0.1) is 0 Å². The van der Waals surface area contributed by atoms with Gasteiger partial charge in [0.15, 0.2) is 0 Å². The van der Waals surface area contributed by atoms with E-state index in [1.807, 2.05) is 6.92 Å². The first kappa shape index (κ1) is 14.3. The predicted molar refractivity (Wildman–Crippen MR) is 71.5 cm³/mol. The van der Waals surface area contributed by atoms with Gasteiger partial charge in [0, 0.05) is 12.1 Å². The maximum atomic E-state index is 11.7. The highest BCUT2D eigenvalue weighted by molar-refractivity contribution is 7.84. The lowest BCUT2D eigenvalue weighted by molar-refractivity contribution is 0.183. The molecule has 2 heterocycles. The molecule has 0 saturated carbocycles. The summed E-state index contributed by atoms with van der Waals surface area (Å²) >= 11 is 0. The standard InChI is InChI=1S/C13H25NO3S/c1-3-4-5-6-7-8-9-12-13-10-11(2)17-18(15,16)14(12)13/h11-13H,3-10H2,1-2H3/t11-,12+,13-,14?/m1/s1. The lowest BCUT2D eigenvalue weighted by atomic mass is 10.1. The van der Waals surface area contributed by atoms with E-state index < -0.39 is 10.3 Å². The Morgan fingerprint density at radius 2 is 1.83 bits per heavy atom. The first-order chi connectivity index (χ1) is 8.56. The summed E-state index contributed by atoms with van der Waals surface area (Å²) in [5.74, 6) is 0. The first-order valence-electron chi connectivity index (χ1n) is 7.28. The van der Waals surface area contributed by atoms with Crippen molar-refractivity contribution < 1.29 is 12.6 Å². The van der Waals surface area contributed by atoms with Gasteiger partial charge in [0.25, 0.3) is 0 Å². The normalized spacial score (nSPS) is 37.2. The molecule has 0 aliphatic carbocycles. The van der Waals surface area contributed by atoms with Crippen molar-refractivity contribution in [1.82, 2.24) is 4.31 Å². The summed E-state index contributed by atoms with van der Waals surface area (Å²) in [4.78, 5) is 0. The molecule has 0 aromatic rings. The SMILES string of the molecule is CCCCCCCC[C@H]1[C@H]2C[C@@H](C)OS(=O)(=O)N21. The van der Waals surface area contributed by atoms with E-state index in [2.05, 4.69) is 6.92 Å². The summed E-state index contributed by atoms with van der Waals surface area (Å²) in [5, 5.41) is 0. The summed E-state index contributed by atoms with van der Waals surface area (Å²) in [6.07, 6.45) is 9.28. The number of fused-ring (bicyclic) bond motifs is 1. The van der Waals surface area contributed by atoms with Crippen LogP contribution in [0.4, 0.5) is 0 Å². The van der Waals surface area contributed by atoms with Crippen LogP contribution in [0.1, 0.15) is 65.2 Å².